The zero-order valence-electron chi connectivity index (χ0n) is 37.4. The number of aliphatic carboxylic acids is 3. The number of carboxylic acid groups (broad SMARTS) is 6. The number of hydrogen-bond donors (Lipinski definition) is 0. The molecule has 0 aliphatic rings. The number of fused-ring (bicyclic) bond motifs is 1. The first-order valence-corrected chi connectivity index (χ1v) is 18.5. The van der Waals surface area contributed by atoms with Gasteiger partial charge < -0.3 is 59.4 Å². The number of carbonyl (C=O) groups excluding carboxylic acids is 6. The van der Waals surface area contributed by atoms with Crippen molar-refractivity contribution in [1.29, 1.82) is 0 Å². The minimum atomic E-state index is -1.12. The maximum atomic E-state index is 10.2. The molecular weight excluding hydrogens is 951 g/mol. The standard InChI is InChI=1S/C9H7.3C8H8O2.3C5H10O2.2Zr/c1-2-5-9-7-3-6-8(9)4-1;3*1-6-2-4-7(5-3-6)8(9)10;3*1-5(2,3)4(6)7;;/h1-7H;3*2-5H,1H3,(H,9,10);3*1-3H3,(H,6,7);;/q-1;;;;;;;2*+4/p-6. The Balaban J connectivity index is -0.000000317. The van der Waals surface area contributed by atoms with Gasteiger partial charge in [-0.05, 0) is 37.5 Å². The van der Waals surface area contributed by atoms with E-state index in [2.05, 4.69) is 42.5 Å². The Bertz CT molecular complexity index is 1860. The van der Waals surface area contributed by atoms with E-state index < -0.39 is 52.1 Å². The molecule has 5 aromatic rings. The molecular formula is C48H55O12Zr2+. The molecule has 0 atom stereocenters. The summed E-state index contributed by atoms with van der Waals surface area (Å²) >= 11 is 0. The SMILES string of the molecule is CC(C)(C)C(=O)[O-].CC(C)(C)C(=O)[O-].CC(C)(C)C(=O)[O-].Cc1ccc(C(=O)[O-])cc1.Cc1ccc(C(=O)[O-])cc1.Cc1ccc(C(=O)[O-])cc1.[Zr+4].[Zr+4].c1ccc2[cH-]ccc2c1. The number of benzene rings is 4. The summed E-state index contributed by atoms with van der Waals surface area (Å²) in [4.78, 5) is 60.3. The Morgan fingerprint density at radius 3 is 0.806 bits per heavy atom. The number of carbonyl (C=O) groups is 6. The van der Waals surface area contributed by atoms with Crippen LogP contribution in [0.2, 0.25) is 0 Å². The zero-order valence-corrected chi connectivity index (χ0v) is 42.3. The summed E-state index contributed by atoms with van der Waals surface area (Å²) < 4.78 is 0. The molecule has 0 heterocycles. The predicted octanol–water partition coefficient (Wildman–Crippen LogP) is 2.98. The minimum absolute atomic E-state index is 0. The van der Waals surface area contributed by atoms with Crippen molar-refractivity contribution in [1.82, 2.24) is 0 Å². The fourth-order valence-corrected chi connectivity index (χ4v) is 3.14. The van der Waals surface area contributed by atoms with E-state index in [9.17, 15) is 59.4 Å². The van der Waals surface area contributed by atoms with Crippen LogP contribution < -0.4 is 30.6 Å². The molecule has 0 N–H and O–H groups in total. The van der Waals surface area contributed by atoms with Crippen molar-refractivity contribution < 1.29 is 112 Å². The van der Waals surface area contributed by atoms with Gasteiger partial charge in [0.1, 0.15) is 0 Å². The third kappa shape index (κ3) is 31.0. The first-order chi connectivity index (χ1) is 27.4. The predicted molar refractivity (Wildman–Crippen MR) is 219 cm³/mol. The molecule has 0 radical (unpaired) electrons. The third-order valence-electron chi connectivity index (χ3n) is 7.25. The second-order valence-electron chi connectivity index (χ2n) is 16.2. The van der Waals surface area contributed by atoms with E-state index in [-0.39, 0.29) is 69.1 Å². The van der Waals surface area contributed by atoms with Gasteiger partial charge in [-0.3, -0.25) is 0 Å². The van der Waals surface area contributed by atoms with Crippen LogP contribution in [0, 0.1) is 37.0 Å². The topological polar surface area (TPSA) is 241 Å². The Morgan fingerprint density at radius 1 is 0.387 bits per heavy atom. The van der Waals surface area contributed by atoms with Gasteiger partial charge in [0.2, 0.25) is 0 Å². The van der Waals surface area contributed by atoms with Crippen molar-refractivity contribution in [2.75, 3.05) is 0 Å². The molecule has 5 aromatic carbocycles. The van der Waals surface area contributed by atoms with Crippen molar-refractivity contribution >= 4 is 46.6 Å². The van der Waals surface area contributed by atoms with Gasteiger partial charge >= 0.3 is 52.4 Å². The summed E-state index contributed by atoms with van der Waals surface area (Å²) in [6.45, 7) is 20.1. The van der Waals surface area contributed by atoms with E-state index in [1.807, 2.05) is 20.8 Å². The molecule has 0 amide bonds. The van der Waals surface area contributed by atoms with E-state index >= 15 is 0 Å². The molecule has 326 valence electrons. The van der Waals surface area contributed by atoms with E-state index in [0.29, 0.717) is 0 Å². The number of carboxylic acids is 6. The summed E-state index contributed by atoms with van der Waals surface area (Å²) in [5.41, 5.74) is 1.74. The van der Waals surface area contributed by atoms with Crippen LogP contribution in [0.15, 0.2) is 115 Å². The molecule has 62 heavy (non-hydrogen) atoms. The maximum Gasteiger partial charge on any atom is 4.00 e. The normalized spacial score (nSPS) is 9.81. The van der Waals surface area contributed by atoms with Crippen molar-refractivity contribution in [2.45, 2.75) is 83.1 Å². The van der Waals surface area contributed by atoms with E-state index in [1.165, 1.54) is 47.2 Å². The van der Waals surface area contributed by atoms with Crippen LogP contribution in [0.5, 0.6) is 0 Å². The van der Waals surface area contributed by atoms with Gasteiger partial charge in [0.25, 0.3) is 0 Å². The Labute approximate surface area is 403 Å². The van der Waals surface area contributed by atoms with E-state index in [4.69, 9.17) is 0 Å². The summed E-state index contributed by atoms with van der Waals surface area (Å²) in [6, 6.07) is 34.3. The molecule has 0 aliphatic heterocycles. The average molecular weight is 1010 g/mol. The third-order valence-corrected chi connectivity index (χ3v) is 7.25. The van der Waals surface area contributed by atoms with Crippen LogP contribution >= 0.6 is 0 Å². The van der Waals surface area contributed by atoms with Gasteiger partial charge in [0.15, 0.2) is 0 Å². The monoisotopic (exact) mass is 1000 g/mol. The molecule has 0 aromatic heterocycles. The van der Waals surface area contributed by atoms with Crippen LogP contribution in [0.25, 0.3) is 10.8 Å². The number of rotatable bonds is 3. The molecule has 0 bridgehead atoms. The average Bonchev–Trinajstić information content (AvgIpc) is 3.62. The van der Waals surface area contributed by atoms with E-state index in [1.54, 1.807) is 98.7 Å². The van der Waals surface area contributed by atoms with Crippen molar-refractivity contribution in [2.24, 2.45) is 16.2 Å². The number of aryl methyl sites for hydroxylation is 3. The molecule has 0 unspecified atom stereocenters. The first kappa shape index (κ1) is 63.7. The fourth-order valence-electron chi connectivity index (χ4n) is 3.14. The Hall–Kier alpha value is -4.92. The fraction of sp³-hybridized carbons (Fsp3) is 0.312. The van der Waals surface area contributed by atoms with Crippen LogP contribution in [0.3, 0.4) is 0 Å². The van der Waals surface area contributed by atoms with Gasteiger partial charge in [-0.2, -0.15) is 17.5 Å². The molecule has 0 saturated heterocycles. The zero-order chi connectivity index (χ0) is 47.0. The van der Waals surface area contributed by atoms with Crippen LogP contribution in [-0.4, -0.2) is 35.8 Å². The molecule has 14 heteroatoms. The largest absolute Gasteiger partial charge is 4.00 e. The second-order valence-corrected chi connectivity index (χ2v) is 16.2. The summed E-state index contributed by atoms with van der Waals surface area (Å²) in [6.07, 6.45) is 0. The molecule has 5 rings (SSSR count). The van der Waals surface area contributed by atoms with Gasteiger partial charge in [-0.25, -0.2) is 0 Å². The van der Waals surface area contributed by atoms with Crippen molar-refractivity contribution in [3.05, 3.63) is 149 Å². The quantitative estimate of drug-likeness (QED) is 0.237. The van der Waals surface area contributed by atoms with E-state index in [0.717, 1.165) is 16.7 Å². The molecule has 0 spiro atoms. The smallest absolute Gasteiger partial charge is 0.550 e. The summed E-state index contributed by atoms with van der Waals surface area (Å²) in [7, 11) is 0. The van der Waals surface area contributed by atoms with Gasteiger partial charge in [-0.15, -0.1) is 29.7 Å². The van der Waals surface area contributed by atoms with Gasteiger partial charge in [0.05, 0.1) is 17.9 Å². The van der Waals surface area contributed by atoms with Crippen LogP contribution in [0.1, 0.15) is 110 Å². The van der Waals surface area contributed by atoms with Gasteiger partial charge in [0, 0.05) is 34.2 Å². The first-order valence-electron chi connectivity index (χ1n) is 18.5. The minimum Gasteiger partial charge on any atom is -0.550 e. The summed E-state index contributed by atoms with van der Waals surface area (Å²) in [5, 5.41) is 63.0. The maximum absolute atomic E-state index is 10.2. The number of hydrogen-bond acceptors (Lipinski definition) is 12. The second kappa shape index (κ2) is 31.0. The van der Waals surface area contributed by atoms with Crippen molar-refractivity contribution in [3.8, 4) is 0 Å². The molecule has 0 aliphatic carbocycles. The van der Waals surface area contributed by atoms with Gasteiger partial charge in [-0.1, -0.05) is 158 Å². The van der Waals surface area contributed by atoms with Crippen LogP contribution in [0.4, 0.5) is 0 Å². The Morgan fingerprint density at radius 2 is 0.613 bits per heavy atom. The molecule has 12 nitrogen and oxygen atoms in total. The van der Waals surface area contributed by atoms with Crippen LogP contribution in [-0.2, 0) is 66.8 Å². The molecule has 0 saturated carbocycles. The van der Waals surface area contributed by atoms with Crippen molar-refractivity contribution in [3.63, 3.8) is 0 Å². The summed E-state index contributed by atoms with van der Waals surface area (Å²) in [5.74, 6) is -6.40. The number of aromatic carboxylic acids is 3. The Kier molecular flexibility index (Phi) is 31.9. The molecule has 0 fully saturated rings.